The summed E-state index contributed by atoms with van der Waals surface area (Å²) in [5.74, 6) is -0.0314. The maximum absolute atomic E-state index is 12.2. The number of hydrogen-bond acceptors (Lipinski definition) is 5. The minimum Gasteiger partial charge on any atom is -0.466 e. The molecule has 0 atom stereocenters. The molecule has 1 aliphatic heterocycles. The number of hydrogen-bond donors (Lipinski definition) is 1. The molecule has 6 heteroatoms. The third-order valence-corrected chi connectivity index (χ3v) is 5.04. The predicted molar refractivity (Wildman–Crippen MR) is 97.3 cm³/mol. The van der Waals surface area contributed by atoms with Crippen molar-refractivity contribution in [2.24, 2.45) is 5.92 Å². The van der Waals surface area contributed by atoms with Crippen molar-refractivity contribution in [1.29, 1.82) is 0 Å². The van der Waals surface area contributed by atoms with Crippen molar-refractivity contribution >= 4 is 29.3 Å². The molecule has 1 aliphatic rings. The average molecular weight is 350 g/mol. The highest BCUT2D eigenvalue weighted by Gasteiger charge is 2.25. The number of nitrogens with zero attached hydrogens (tertiary/aromatic N) is 1. The Morgan fingerprint density at radius 2 is 2.00 bits per heavy atom. The number of likely N-dealkylation sites (tertiary alicyclic amines) is 1. The third kappa shape index (κ3) is 5.53. The molecule has 1 aromatic rings. The van der Waals surface area contributed by atoms with Crippen LogP contribution in [0.3, 0.4) is 0 Å². The maximum atomic E-state index is 12.2. The Labute approximate surface area is 148 Å². The summed E-state index contributed by atoms with van der Waals surface area (Å²) in [5, 5.41) is 2.98. The van der Waals surface area contributed by atoms with E-state index in [1.165, 1.54) is 0 Å². The van der Waals surface area contributed by atoms with Crippen LogP contribution in [0, 0.1) is 5.92 Å². The summed E-state index contributed by atoms with van der Waals surface area (Å²) in [5.41, 5.74) is 0.871. The number of nitrogens with one attached hydrogen (secondary N) is 1. The molecular formula is C18H26N2O3S. The summed E-state index contributed by atoms with van der Waals surface area (Å²) < 4.78 is 5.08. The molecule has 1 saturated heterocycles. The lowest BCUT2D eigenvalue weighted by molar-refractivity contribution is -0.149. The first-order valence-corrected chi connectivity index (χ1v) is 9.68. The molecule has 24 heavy (non-hydrogen) atoms. The molecule has 0 unspecified atom stereocenters. The van der Waals surface area contributed by atoms with Crippen LogP contribution in [0.15, 0.2) is 29.2 Å². The summed E-state index contributed by atoms with van der Waals surface area (Å²) in [6.07, 6.45) is 4.09. The Hall–Kier alpha value is -1.53. The van der Waals surface area contributed by atoms with Crippen molar-refractivity contribution in [2.45, 2.75) is 31.1 Å². The van der Waals surface area contributed by atoms with Gasteiger partial charge in [-0.2, -0.15) is 0 Å². The van der Waals surface area contributed by atoms with Crippen LogP contribution in [0.1, 0.15) is 26.2 Å². The van der Waals surface area contributed by atoms with Gasteiger partial charge in [-0.25, -0.2) is 0 Å². The molecule has 1 heterocycles. The largest absolute Gasteiger partial charge is 0.466 e. The van der Waals surface area contributed by atoms with Gasteiger partial charge in [-0.1, -0.05) is 12.1 Å². The van der Waals surface area contributed by atoms with Crippen molar-refractivity contribution in [2.75, 3.05) is 37.8 Å². The second kappa shape index (κ2) is 9.69. The highest BCUT2D eigenvalue weighted by atomic mass is 32.2. The number of anilines is 1. The van der Waals surface area contributed by atoms with Crippen LogP contribution in [0.4, 0.5) is 5.69 Å². The molecule has 0 aliphatic carbocycles. The Bertz CT molecular complexity index is 557. The predicted octanol–water partition coefficient (Wildman–Crippen LogP) is 3.01. The number of carbonyl (C=O) groups is 2. The molecule has 0 bridgehead atoms. The zero-order chi connectivity index (χ0) is 17.4. The van der Waals surface area contributed by atoms with Gasteiger partial charge in [0.25, 0.3) is 0 Å². The minimum absolute atomic E-state index is 0.0171. The Kier molecular flexibility index (Phi) is 7.59. The lowest BCUT2D eigenvalue weighted by Crippen LogP contribution is -2.38. The summed E-state index contributed by atoms with van der Waals surface area (Å²) in [6, 6.07) is 7.82. The van der Waals surface area contributed by atoms with Crippen LogP contribution in [0.2, 0.25) is 0 Å². The van der Waals surface area contributed by atoms with E-state index >= 15 is 0 Å². The van der Waals surface area contributed by atoms with Gasteiger partial charge in [0.2, 0.25) is 5.91 Å². The lowest BCUT2D eigenvalue weighted by atomic mass is 9.97. The van der Waals surface area contributed by atoms with E-state index in [1.54, 1.807) is 11.8 Å². The summed E-state index contributed by atoms with van der Waals surface area (Å²) in [7, 11) is 0. The van der Waals surface area contributed by atoms with E-state index in [4.69, 9.17) is 4.74 Å². The lowest BCUT2D eigenvalue weighted by Gasteiger charge is -2.30. The first kappa shape index (κ1) is 18.8. The summed E-state index contributed by atoms with van der Waals surface area (Å²) >= 11 is 1.62. The second-order valence-corrected chi connectivity index (χ2v) is 6.71. The standard InChI is InChI=1S/C18H26N2O3S/c1-3-23-18(22)14-8-11-20(12-9-14)13-10-17(21)19-15-6-4-5-7-16(15)24-2/h4-7,14H,3,8-13H2,1-2H3,(H,19,21). The van der Waals surface area contributed by atoms with Gasteiger partial charge >= 0.3 is 5.97 Å². The summed E-state index contributed by atoms with van der Waals surface area (Å²) in [6.45, 7) is 4.69. The molecular weight excluding hydrogens is 324 g/mol. The van der Waals surface area contributed by atoms with Crippen molar-refractivity contribution in [3.63, 3.8) is 0 Å². The van der Waals surface area contributed by atoms with Crippen molar-refractivity contribution in [3.8, 4) is 0 Å². The van der Waals surface area contributed by atoms with Gasteiger partial charge in [0.05, 0.1) is 18.2 Å². The molecule has 5 nitrogen and oxygen atoms in total. The van der Waals surface area contributed by atoms with E-state index in [0.29, 0.717) is 13.0 Å². The van der Waals surface area contributed by atoms with E-state index in [0.717, 1.165) is 43.1 Å². The second-order valence-electron chi connectivity index (χ2n) is 5.87. The van der Waals surface area contributed by atoms with Gasteiger partial charge in [0.15, 0.2) is 0 Å². The van der Waals surface area contributed by atoms with E-state index in [2.05, 4.69) is 10.2 Å². The zero-order valence-electron chi connectivity index (χ0n) is 14.4. The SMILES string of the molecule is CCOC(=O)C1CCN(CCC(=O)Nc2ccccc2SC)CC1. The highest BCUT2D eigenvalue weighted by Crippen LogP contribution is 2.24. The van der Waals surface area contributed by atoms with Gasteiger partial charge in [0.1, 0.15) is 0 Å². The number of piperidine rings is 1. The number of benzene rings is 1. The monoisotopic (exact) mass is 350 g/mol. The first-order valence-electron chi connectivity index (χ1n) is 8.46. The van der Waals surface area contributed by atoms with Crippen molar-refractivity contribution in [3.05, 3.63) is 24.3 Å². The van der Waals surface area contributed by atoms with Crippen LogP contribution in [0.5, 0.6) is 0 Å². The van der Waals surface area contributed by atoms with Crippen LogP contribution < -0.4 is 5.32 Å². The minimum atomic E-state index is -0.0800. The quantitative estimate of drug-likeness (QED) is 0.605. The fraction of sp³-hybridized carbons (Fsp3) is 0.556. The fourth-order valence-electron chi connectivity index (χ4n) is 2.87. The Balaban J connectivity index is 1.72. The van der Waals surface area contributed by atoms with Gasteiger partial charge in [-0.15, -0.1) is 11.8 Å². The number of ether oxygens (including phenoxy) is 1. The molecule has 0 spiro atoms. The fourth-order valence-corrected chi connectivity index (χ4v) is 3.43. The van der Waals surface area contributed by atoms with Gasteiger partial charge < -0.3 is 15.0 Å². The van der Waals surface area contributed by atoms with E-state index in [-0.39, 0.29) is 17.8 Å². The van der Waals surface area contributed by atoms with Gasteiger partial charge in [-0.3, -0.25) is 9.59 Å². The van der Waals surface area contributed by atoms with E-state index < -0.39 is 0 Å². The number of thioether (sulfide) groups is 1. The van der Waals surface area contributed by atoms with E-state index in [1.807, 2.05) is 37.4 Å². The molecule has 1 amide bonds. The Morgan fingerprint density at radius 1 is 1.29 bits per heavy atom. The van der Waals surface area contributed by atoms with E-state index in [9.17, 15) is 9.59 Å². The number of carbonyl (C=O) groups excluding carboxylic acids is 2. The number of amides is 1. The topological polar surface area (TPSA) is 58.6 Å². The Morgan fingerprint density at radius 3 is 2.67 bits per heavy atom. The maximum Gasteiger partial charge on any atom is 0.309 e. The molecule has 1 N–H and O–H groups in total. The van der Waals surface area contributed by atoms with Crippen LogP contribution in [0.25, 0.3) is 0 Å². The average Bonchev–Trinajstić information content (AvgIpc) is 2.61. The number of para-hydroxylation sites is 1. The first-order chi connectivity index (χ1) is 11.6. The molecule has 132 valence electrons. The smallest absolute Gasteiger partial charge is 0.309 e. The number of esters is 1. The van der Waals surface area contributed by atoms with Crippen LogP contribution in [-0.2, 0) is 14.3 Å². The van der Waals surface area contributed by atoms with Gasteiger partial charge in [0, 0.05) is 17.9 Å². The zero-order valence-corrected chi connectivity index (χ0v) is 15.2. The highest BCUT2D eigenvalue weighted by molar-refractivity contribution is 7.98. The van der Waals surface area contributed by atoms with Crippen LogP contribution in [-0.4, -0.2) is 49.3 Å². The number of rotatable bonds is 7. The van der Waals surface area contributed by atoms with Crippen molar-refractivity contribution in [1.82, 2.24) is 4.90 Å². The third-order valence-electron chi connectivity index (χ3n) is 4.24. The van der Waals surface area contributed by atoms with Gasteiger partial charge in [-0.05, 0) is 51.2 Å². The molecule has 0 aromatic heterocycles. The molecule has 0 saturated carbocycles. The summed E-state index contributed by atoms with van der Waals surface area (Å²) in [4.78, 5) is 27.2. The normalized spacial score (nSPS) is 15.9. The van der Waals surface area contributed by atoms with Crippen molar-refractivity contribution < 1.29 is 14.3 Å². The molecule has 2 rings (SSSR count). The van der Waals surface area contributed by atoms with Crippen LogP contribution >= 0.6 is 11.8 Å². The molecule has 0 radical (unpaired) electrons. The molecule has 1 fully saturated rings. The molecule has 1 aromatic carbocycles.